The second kappa shape index (κ2) is 8.20. The molecule has 1 saturated heterocycles. The van der Waals surface area contributed by atoms with Gasteiger partial charge in [-0.05, 0) is 0 Å². The van der Waals surface area contributed by atoms with Crippen LogP contribution in [0.3, 0.4) is 0 Å². The molecular weight excluding hydrogens is 551 g/mol. The first-order chi connectivity index (χ1) is 9.14. The molecule has 7 heteroatoms. The van der Waals surface area contributed by atoms with Crippen LogP contribution < -0.4 is 0 Å². The van der Waals surface area contributed by atoms with Gasteiger partial charge in [0.1, 0.15) is 0 Å². The van der Waals surface area contributed by atoms with Gasteiger partial charge in [-0.25, -0.2) is 0 Å². The van der Waals surface area contributed by atoms with Gasteiger partial charge in [0.15, 0.2) is 0 Å². The van der Waals surface area contributed by atoms with Gasteiger partial charge < -0.3 is 0 Å². The van der Waals surface area contributed by atoms with Crippen LogP contribution >= 0.6 is 46.4 Å². The van der Waals surface area contributed by atoms with Gasteiger partial charge in [0.2, 0.25) is 0 Å². The van der Waals surface area contributed by atoms with Crippen LogP contribution in [0.25, 0.3) is 0 Å². The Morgan fingerprint density at radius 3 is 1.85 bits per heavy atom. The molecule has 120 valence electrons. The van der Waals surface area contributed by atoms with Crippen LogP contribution in [0.2, 0.25) is 18.8 Å². The summed E-state index contributed by atoms with van der Waals surface area (Å²) in [4.78, 5) is 4.68. The summed E-state index contributed by atoms with van der Waals surface area (Å²) in [6, 6.07) is 0. The Morgan fingerprint density at radius 1 is 1.00 bits per heavy atom. The van der Waals surface area contributed by atoms with Crippen LogP contribution in [0.1, 0.15) is 39.5 Å². The molecule has 1 aliphatic heterocycles. The number of alkyl halides is 4. The molecule has 2 unspecified atom stereocenters. The monoisotopic (exact) mass is 578 g/mol. The molecule has 0 aliphatic carbocycles. The second-order valence-electron chi connectivity index (χ2n) is 6.34. The Labute approximate surface area is 148 Å². The number of halogens is 4. The van der Waals surface area contributed by atoms with Crippen LogP contribution in [0.5, 0.6) is 0 Å². The van der Waals surface area contributed by atoms with Crippen LogP contribution in [-0.2, 0) is 3.07 Å². The standard InChI is InChI=1S/2C4H9.C3H2Cl4O.2CH3.2Sn/c2*1-3-4-2;4-1-2(5)3(6,7)8;;;;/h2*1,3-4H2,2H3;1-2H;2*1H3;;/q;;-1;;;;+1. The first-order valence-corrected chi connectivity index (χ1v) is 32.7. The molecule has 0 aromatic heterocycles. The number of rotatable bonds is 6. The van der Waals surface area contributed by atoms with Crippen LogP contribution in [0.15, 0.2) is 0 Å². The molecule has 0 amide bonds. The van der Waals surface area contributed by atoms with Crippen molar-refractivity contribution in [3.63, 3.8) is 0 Å². The van der Waals surface area contributed by atoms with Crippen molar-refractivity contribution in [3.05, 3.63) is 0 Å². The van der Waals surface area contributed by atoms with Gasteiger partial charge in [-0.1, -0.05) is 0 Å². The molecule has 1 nitrogen and oxygen atoms in total. The minimum atomic E-state index is -2.81. The van der Waals surface area contributed by atoms with E-state index in [0.29, 0.717) is 0 Å². The maximum atomic E-state index is 6.90. The van der Waals surface area contributed by atoms with E-state index in [9.17, 15) is 0 Å². The molecular formula is C13H26Cl4OSn2. The van der Waals surface area contributed by atoms with Crippen LogP contribution in [-0.4, -0.2) is 42.6 Å². The van der Waals surface area contributed by atoms with Gasteiger partial charge in [-0.3, -0.25) is 0 Å². The van der Waals surface area contributed by atoms with Crippen LogP contribution in [0, 0.1) is 0 Å². The molecule has 20 heavy (non-hydrogen) atoms. The molecule has 0 spiro atoms. The van der Waals surface area contributed by atoms with Crippen LogP contribution in [0.4, 0.5) is 0 Å². The predicted octanol–water partition coefficient (Wildman–Crippen LogP) is 6.23. The SMILES string of the molecule is CCC[CH2][Sn]1([CH2]CCC)[CH](Cl)C(Cl)C(Cl)(Cl)[O][Sn]1([CH3])[CH3]. The fraction of sp³-hybridized carbons (Fsp3) is 1.00. The molecule has 1 fully saturated rings. The third-order valence-corrected chi connectivity index (χ3v) is 97.8. The first kappa shape index (κ1) is 20.8. The summed E-state index contributed by atoms with van der Waals surface area (Å²) < 4.78 is 7.56. The van der Waals surface area contributed by atoms with Crippen molar-refractivity contribution in [2.75, 3.05) is 0 Å². The summed E-state index contributed by atoms with van der Waals surface area (Å²) in [6.07, 6.45) is 4.90. The van der Waals surface area contributed by atoms with Gasteiger partial charge in [0.25, 0.3) is 0 Å². The van der Waals surface area contributed by atoms with Crippen molar-refractivity contribution in [2.45, 2.75) is 71.6 Å². The van der Waals surface area contributed by atoms with Crippen molar-refractivity contribution >= 4 is 75.7 Å². The molecule has 0 aromatic rings. The molecule has 1 aliphatic rings. The molecule has 0 bridgehead atoms. The molecule has 0 aromatic carbocycles. The minimum absolute atomic E-state index is 0.00128. The Kier molecular flexibility index (Phi) is 8.51. The Hall–Kier alpha value is 2.72. The van der Waals surface area contributed by atoms with E-state index in [1.165, 1.54) is 34.6 Å². The van der Waals surface area contributed by atoms with Gasteiger partial charge >= 0.3 is 150 Å². The van der Waals surface area contributed by atoms with Gasteiger partial charge in [0, 0.05) is 0 Å². The normalized spacial score (nSPS) is 31.2. The topological polar surface area (TPSA) is 9.23 Å². The summed E-state index contributed by atoms with van der Waals surface area (Å²) in [5.74, 6) is 0. The third-order valence-electron chi connectivity index (χ3n) is 4.65. The average Bonchev–Trinajstić information content (AvgIpc) is 2.35. The summed E-state index contributed by atoms with van der Waals surface area (Å²) >= 11 is 20.5. The maximum absolute atomic E-state index is 6.90. The van der Waals surface area contributed by atoms with E-state index in [1.807, 2.05) is 0 Å². The van der Waals surface area contributed by atoms with E-state index in [2.05, 4.69) is 23.7 Å². The van der Waals surface area contributed by atoms with E-state index in [0.717, 1.165) is 0 Å². The van der Waals surface area contributed by atoms with Crippen molar-refractivity contribution in [3.8, 4) is 0 Å². The zero-order valence-corrected chi connectivity index (χ0v) is 21.5. The summed E-state index contributed by atoms with van der Waals surface area (Å²) in [6.45, 7) is 4.47. The fourth-order valence-corrected chi connectivity index (χ4v) is 97.8. The Balaban J connectivity index is 3.15. The summed E-state index contributed by atoms with van der Waals surface area (Å²) in [5.41, 5.74) is 0. The number of unbranched alkanes of at least 4 members (excludes halogenated alkanes) is 2. The molecule has 0 saturated carbocycles. The second-order valence-corrected chi connectivity index (χ2v) is 72.2. The third kappa shape index (κ3) is 4.21. The fourth-order valence-electron chi connectivity index (χ4n) is 3.27. The van der Waals surface area contributed by atoms with Crippen molar-refractivity contribution in [2.24, 2.45) is 0 Å². The predicted molar refractivity (Wildman–Crippen MR) is 97.5 cm³/mol. The summed E-state index contributed by atoms with van der Waals surface area (Å²) in [5, 5.41) is -0.471. The first-order valence-electron chi connectivity index (χ1n) is 7.50. The van der Waals surface area contributed by atoms with E-state index in [-0.39, 0.29) is 3.39 Å². The Bertz CT molecular complexity index is 317. The van der Waals surface area contributed by atoms with Gasteiger partial charge in [-0.2, -0.15) is 0 Å². The summed E-state index contributed by atoms with van der Waals surface area (Å²) in [7, 11) is 0. The number of hydrogen-bond donors (Lipinski definition) is 0. The zero-order valence-electron chi connectivity index (χ0n) is 12.8. The van der Waals surface area contributed by atoms with E-state index >= 15 is 0 Å². The van der Waals surface area contributed by atoms with Crippen molar-refractivity contribution in [1.29, 1.82) is 0 Å². The molecule has 0 radical (unpaired) electrons. The van der Waals surface area contributed by atoms with E-state index in [1.54, 1.807) is 0 Å². The zero-order chi connectivity index (χ0) is 15.6. The van der Waals surface area contributed by atoms with Crippen molar-refractivity contribution in [1.82, 2.24) is 0 Å². The number of hydrogen-bond acceptors (Lipinski definition) is 1. The molecule has 1 rings (SSSR count). The Morgan fingerprint density at radius 2 is 1.45 bits per heavy atom. The molecule has 2 atom stereocenters. The van der Waals surface area contributed by atoms with Crippen molar-refractivity contribution < 1.29 is 3.07 Å². The van der Waals surface area contributed by atoms with E-state index < -0.39 is 39.2 Å². The average molecular weight is 578 g/mol. The van der Waals surface area contributed by atoms with Gasteiger partial charge in [-0.15, -0.1) is 0 Å². The van der Waals surface area contributed by atoms with E-state index in [4.69, 9.17) is 49.5 Å². The molecule has 1 heterocycles. The quantitative estimate of drug-likeness (QED) is 0.269. The molecule has 0 N–H and O–H groups in total. The van der Waals surface area contributed by atoms with Gasteiger partial charge in [0.05, 0.1) is 0 Å².